The van der Waals surface area contributed by atoms with Crippen molar-refractivity contribution in [2.75, 3.05) is 16.8 Å². The summed E-state index contributed by atoms with van der Waals surface area (Å²) in [5.41, 5.74) is 13.7. The van der Waals surface area contributed by atoms with E-state index >= 15 is 0 Å². The van der Waals surface area contributed by atoms with Crippen LogP contribution in [0.4, 0.5) is 17.1 Å². The van der Waals surface area contributed by atoms with Crippen molar-refractivity contribution in [1.29, 1.82) is 0 Å². The Hall–Kier alpha value is -2.49. The van der Waals surface area contributed by atoms with Gasteiger partial charge in [-0.1, -0.05) is 13.8 Å². The predicted octanol–water partition coefficient (Wildman–Crippen LogP) is 3.13. The van der Waals surface area contributed by atoms with Crippen LogP contribution in [0.2, 0.25) is 0 Å². The number of carbonyl (C=O) groups is 1. The fraction of sp³-hybridized carbons (Fsp3) is 0.133. The summed E-state index contributed by atoms with van der Waals surface area (Å²) >= 11 is 0. The van der Waals surface area contributed by atoms with Gasteiger partial charge >= 0.3 is 0 Å². The highest BCUT2D eigenvalue weighted by atomic mass is 16.1. The molecule has 0 aliphatic carbocycles. The Balaban J connectivity index is 0.000000861. The molecular weight excluding hydrogens is 238 g/mol. The van der Waals surface area contributed by atoms with Crippen molar-refractivity contribution < 1.29 is 4.79 Å². The van der Waals surface area contributed by atoms with Gasteiger partial charge in [0.05, 0.1) is 0 Å². The second-order valence-electron chi connectivity index (χ2n) is 3.70. The van der Waals surface area contributed by atoms with Crippen molar-refractivity contribution in [3.05, 3.63) is 54.1 Å². The van der Waals surface area contributed by atoms with E-state index in [0.717, 1.165) is 0 Å². The molecule has 0 aromatic heterocycles. The number of nitrogens with two attached hydrogens (primary N) is 2. The molecule has 0 radical (unpaired) electrons. The van der Waals surface area contributed by atoms with Gasteiger partial charge in [-0.25, -0.2) is 0 Å². The first-order valence-corrected chi connectivity index (χ1v) is 6.17. The summed E-state index contributed by atoms with van der Waals surface area (Å²) in [6.07, 6.45) is 0. The third kappa shape index (κ3) is 4.35. The predicted molar refractivity (Wildman–Crippen MR) is 81.0 cm³/mol. The van der Waals surface area contributed by atoms with Crippen LogP contribution in [0.15, 0.2) is 48.5 Å². The minimum absolute atomic E-state index is 0.172. The van der Waals surface area contributed by atoms with Crippen LogP contribution in [-0.4, -0.2) is 5.91 Å². The second-order valence-corrected chi connectivity index (χ2v) is 3.70. The van der Waals surface area contributed by atoms with Crippen LogP contribution in [-0.2, 0) is 0 Å². The summed E-state index contributed by atoms with van der Waals surface area (Å²) in [6.45, 7) is 4.00. The van der Waals surface area contributed by atoms with Crippen molar-refractivity contribution in [2.45, 2.75) is 13.8 Å². The molecule has 0 unspecified atom stereocenters. The molecule has 0 atom stereocenters. The lowest BCUT2D eigenvalue weighted by atomic mass is 10.2. The number of rotatable bonds is 2. The van der Waals surface area contributed by atoms with E-state index in [2.05, 4.69) is 5.32 Å². The lowest BCUT2D eigenvalue weighted by Gasteiger charge is -2.05. The average Bonchev–Trinajstić information content (AvgIpc) is 2.44. The molecule has 1 amide bonds. The molecule has 5 N–H and O–H groups in total. The molecule has 0 heterocycles. The average molecular weight is 257 g/mol. The maximum absolute atomic E-state index is 11.8. The van der Waals surface area contributed by atoms with Crippen LogP contribution < -0.4 is 16.8 Å². The Bertz CT molecular complexity index is 518. The van der Waals surface area contributed by atoms with Gasteiger partial charge < -0.3 is 16.8 Å². The quantitative estimate of drug-likeness (QED) is 0.723. The number of amides is 1. The van der Waals surface area contributed by atoms with Crippen LogP contribution in [0.25, 0.3) is 0 Å². The van der Waals surface area contributed by atoms with Crippen LogP contribution in [0.3, 0.4) is 0 Å². The van der Waals surface area contributed by atoms with Crippen molar-refractivity contribution in [3.63, 3.8) is 0 Å². The van der Waals surface area contributed by atoms with Gasteiger partial charge in [0, 0.05) is 22.6 Å². The largest absolute Gasteiger partial charge is 0.399 e. The second kappa shape index (κ2) is 7.06. The lowest BCUT2D eigenvalue weighted by molar-refractivity contribution is 0.102. The molecule has 0 aliphatic rings. The highest BCUT2D eigenvalue weighted by Gasteiger charge is 2.05. The smallest absolute Gasteiger partial charge is 0.255 e. The van der Waals surface area contributed by atoms with Crippen molar-refractivity contribution in [3.8, 4) is 0 Å². The van der Waals surface area contributed by atoms with E-state index < -0.39 is 0 Å². The van der Waals surface area contributed by atoms with Crippen LogP contribution in [0.1, 0.15) is 24.2 Å². The number of anilines is 3. The summed E-state index contributed by atoms with van der Waals surface area (Å²) in [4.78, 5) is 11.8. The van der Waals surface area contributed by atoms with E-state index in [4.69, 9.17) is 11.5 Å². The number of carbonyl (C=O) groups excluding carboxylic acids is 1. The van der Waals surface area contributed by atoms with E-state index in [1.807, 2.05) is 13.8 Å². The van der Waals surface area contributed by atoms with E-state index in [1.165, 1.54) is 0 Å². The van der Waals surface area contributed by atoms with Gasteiger partial charge in [0.25, 0.3) is 5.91 Å². The van der Waals surface area contributed by atoms with Gasteiger partial charge in [0.2, 0.25) is 0 Å². The van der Waals surface area contributed by atoms with Crippen LogP contribution in [0, 0.1) is 0 Å². The van der Waals surface area contributed by atoms with Gasteiger partial charge in [0.1, 0.15) is 0 Å². The molecule has 0 bridgehead atoms. The summed E-state index contributed by atoms with van der Waals surface area (Å²) in [7, 11) is 0. The van der Waals surface area contributed by atoms with Gasteiger partial charge in [-0.2, -0.15) is 0 Å². The third-order valence-electron chi connectivity index (χ3n) is 2.34. The lowest BCUT2D eigenvalue weighted by Crippen LogP contribution is -2.11. The summed E-state index contributed by atoms with van der Waals surface area (Å²) in [5.74, 6) is -0.172. The Labute approximate surface area is 113 Å². The first kappa shape index (κ1) is 14.6. The molecule has 0 aliphatic heterocycles. The molecule has 2 rings (SSSR count). The molecule has 0 saturated carbocycles. The minimum atomic E-state index is -0.172. The first-order chi connectivity index (χ1) is 9.15. The highest BCUT2D eigenvalue weighted by molar-refractivity contribution is 6.04. The zero-order chi connectivity index (χ0) is 14.3. The van der Waals surface area contributed by atoms with Crippen molar-refractivity contribution >= 4 is 23.0 Å². The molecule has 0 fully saturated rings. The molecule has 4 nitrogen and oxygen atoms in total. The summed E-state index contributed by atoms with van der Waals surface area (Å²) in [5, 5.41) is 2.77. The Morgan fingerprint density at radius 1 is 0.842 bits per heavy atom. The molecule has 100 valence electrons. The minimum Gasteiger partial charge on any atom is -0.399 e. The fourth-order valence-electron chi connectivity index (χ4n) is 1.40. The van der Waals surface area contributed by atoms with Gasteiger partial charge in [-0.05, 0) is 48.5 Å². The van der Waals surface area contributed by atoms with Crippen LogP contribution >= 0.6 is 0 Å². The summed E-state index contributed by atoms with van der Waals surface area (Å²) in [6, 6.07) is 13.7. The highest BCUT2D eigenvalue weighted by Crippen LogP contribution is 2.13. The molecule has 0 saturated heterocycles. The standard InChI is InChI=1S/C13H13N3O.C2H6/c14-10-3-1-9(2-4-10)13(17)16-12-7-5-11(15)6-8-12;1-2/h1-8H,14-15H2,(H,16,17);1-2H3. The van der Waals surface area contributed by atoms with Crippen molar-refractivity contribution in [2.24, 2.45) is 0 Å². The van der Waals surface area contributed by atoms with E-state index in [0.29, 0.717) is 22.6 Å². The summed E-state index contributed by atoms with van der Waals surface area (Å²) < 4.78 is 0. The SMILES string of the molecule is CC.Nc1ccc(NC(=O)c2ccc(N)cc2)cc1. The normalized spacial score (nSPS) is 9.16. The molecule has 2 aromatic carbocycles. The van der Waals surface area contributed by atoms with E-state index in [-0.39, 0.29) is 5.91 Å². The Morgan fingerprint density at radius 2 is 1.26 bits per heavy atom. The van der Waals surface area contributed by atoms with Gasteiger partial charge in [-0.15, -0.1) is 0 Å². The molecule has 2 aromatic rings. The molecule has 0 spiro atoms. The zero-order valence-corrected chi connectivity index (χ0v) is 11.2. The molecular formula is C15H19N3O. The maximum Gasteiger partial charge on any atom is 0.255 e. The van der Waals surface area contributed by atoms with Gasteiger partial charge in [-0.3, -0.25) is 4.79 Å². The van der Waals surface area contributed by atoms with Gasteiger partial charge in [0.15, 0.2) is 0 Å². The zero-order valence-electron chi connectivity index (χ0n) is 11.2. The van der Waals surface area contributed by atoms with Crippen molar-refractivity contribution in [1.82, 2.24) is 0 Å². The number of hydrogen-bond donors (Lipinski definition) is 3. The number of benzene rings is 2. The fourth-order valence-corrected chi connectivity index (χ4v) is 1.40. The van der Waals surface area contributed by atoms with E-state index in [1.54, 1.807) is 48.5 Å². The Kier molecular flexibility index (Phi) is 5.41. The number of hydrogen-bond acceptors (Lipinski definition) is 3. The number of nitrogen functional groups attached to an aromatic ring is 2. The maximum atomic E-state index is 11.8. The molecule has 19 heavy (non-hydrogen) atoms. The molecule has 4 heteroatoms. The monoisotopic (exact) mass is 257 g/mol. The first-order valence-electron chi connectivity index (χ1n) is 6.17. The van der Waals surface area contributed by atoms with E-state index in [9.17, 15) is 4.79 Å². The third-order valence-corrected chi connectivity index (χ3v) is 2.34. The Morgan fingerprint density at radius 3 is 1.74 bits per heavy atom. The van der Waals surface area contributed by atoms with Crippen LogP contribution in [0.5, 0.6) is 0 Å². The number of nitrogens with one attached hydrogen (secondary N) is 1. The topological polar surface area (TPSA) is 81.1 Å².